The summed E-state index contributed by atoms with van der Waals surface area (Å²) in [6.07, 6.45) is 8.30. The molecule has 0 saturated carbocycles. The number of carbonyl (C=O) groups excluding carboxylic acids is 1. The van der Waals surface area contributed by atoms with Crippen LogP contribution in [0, 0.1) is 5.92 Å². The van der Waals surface area contributed by atoms with Gasteiger partial charge in [-0.3, -0.25) is 9.69 Å². The number of benzene rings is 3. The third-order valence-corrected chi connectivity index (χ3v) is 9.41. The molecular weight excluding hydrogens is 617 g/mol. The summed E-state index contributed by atoms with van der Waals surface area (Å²) in [5, 5.41) is 6.08. The van der Waals surface area contributed by atoms with Crippen molar-refractivity contribution in [2.45, 2.75) is 46.1 Å². The first kappa shape index (κ1) is 31.3. The van der Waals surface area contributed by atoms with Gasteiger partial charge in [0.25, 0.3) is 5.91 Å². The smallest absolute Gasteiger partial charge is 0.266 e. The maximum atomic E-state index is 13.5. The molecule has 4 aromatic rings. The zero-order valence-corrected chi connectivity index (χ0v) is 27.3. The second-order valence-electron chi connectivity index (χ2n) is 10.5. The van der Waals surface area contributed by atoms with Crippen LogP contribution in [0.5, 0.6) is 5.75 Å². The molecule has 9 heteroatoms. The van der Waals surface area contributed by atoms with Crippen LogP contribution in [0.1, 0.15) is 50.7 Å². The van der Waals surface area contributed by atoms with Gasteiger partial charge in [-0.15, -0.1) is 0 Å². The van der Waals surface area contributed by atoms with Gasteiger partial charge in [-0.25, -0.2) is 4.68 Å². The van der Waals surface area contributed by atoms with Crippen molar-refractivity contribution in [3.05, 3.63) is 105 Å². The van der Waals surface area contributed by atoms with Gasteiger partial charge in [0.05, 0.1) is 16.3 Å². The van der Waals surface area contributed by atoms with Crippen LogP contribution in [0.25, 0.3) is 23.0 Å². The highest BCUT2D eigenvalue weighted by Crippen LogP contribution is 2.36. The quantitative estimate of drug-likeness (QED) is 0.113. The van der Waals surface area contributed by atoms with E-state index in [2.05, 4.69) is 13.8 Å². The number of ether oxygens (including phenoxy) is 1. The van der Waals surface area contributed by atoms with Crippen LogP contribution in [0.2, 0.25) is 10.0 Å². The lowest BCUT2D eigenvalue weighted by atomic mass is 9.99. The van der Waals surface area contributed by atoms with E-state index in [0.717, 1.165) is 53.8 Å². The summed E-state index contributed by atoms with van der Waals surface area (Å²) in [5.41, 5.74) is 4.28. The van der Waals surface area contributed by atoms with E-state index >= 15 is 0 Å². The van der Waals surface area contributed by atoms with E-state index in [0.29, 0.717) is 44.1 Å². The molecule has 1 atom stereocenters. The van der Waals surface area contributed by atoms with Crippen molar-refractivity contribution in [1.82, 2.24) is 14.7 Å². The Morgan fingerprint density at radius 1 is 1.05 bits per heavy atom. The van der Waals surface area contributed by atoms with Crippen LogP contribution in [-0.4, -0.2) is 31.5 Å². The summed E-state index contributed by atoms with van der Waals surface area (Å²) in [5.74, 6) is 1.11. The third kappa shape index (κ3) is 7.71. The largest absolute Gasteiger partial charge is 0.489 e. The van der Waals surface area contributed by atoms with Crippen molar-refractivity contribution in [3.63, 3.8) is 0 Å². The molecule has 1 aromatic heterocycles. The van der Waals surface area contributed by atoms with Crippen molar-refractivity contribution in [2.24, 2.45) is 5.92 Å². The van der Waals surface area contributed by atoms with E-state index in [1.165, 1.54) is 11.8 Å². The number of unbranched alkanes of at least 4 members (excludes halogenated alkanes) is 1. The first-order valence-corrected chi connectivity index (χ1v) is 16.4. The molecule has 0 radical (unpaired) electrons. The molecule has 1 aliphatic rings. The van der Waals surface area contributed by atoms with Gasteiger partial charge >= 0.3 is 0 Å². The van der Waals surface area contributed by atoms with Gasteiger partial charge in [0.1, 0.15) is 16.7 Å². The molecule has 5 rings (SSSR count). The third-order valence-electron chi connectivity index (χ3n) is 7.44. The predicted molar refractivity (Wildman–Crippen MR) is 183 cm³/mol. The lowest BCUT2D eigenvalue weighted by Crippen LogP contribution is -2.33. The first-order valence-electron chi connectivity index (χ1n) is 14.4. The van der Waals surface area contributed by atoms with Gasteiger partial charge in [0, 0.05) is 39.5 Å². The fraction of sp³-hybridized carbons (Fsp3) is 0.265. The normalized spacial score (nSPS) is 15.0. The number of halogens is 2. The van der Waals surface area contributed by atoms with Crippen LogP contribution < -0.4 is 4.74 Å². The Morgan fingerprint density at radius 3 is 2.51 bits per heavy atom. The maximum Gasteiger partial charge on any atom is 0.266 e. The van der Waals surface area contributed by atoms with E-state index in [1.54, 1.807) is 17.0 Å². The van der Waals surface area contributed by atoms with Crippen molar-refractivity contribution in [2.75, 3.05) is 6.54 Å². The van der Waals surface area contributed by atoms with E-state index in [9.17, 15) is 4.79 Å². The Balaban J connectivity index is 1.41. The van der Waals surface area contributed by atoms with Crippen molar-refractivity contribution < 1.29 is 9.53 Å². The number of rotatable bonds is 12. The van der Waals surface area contributed by atoms with Crippen molar-refractivity contribution >= 4 is 63.5 Å². The van der Waals surface area contributed by atoms with Gasteiger partial charge in [0.2, 0.25) is 0 Å². The Morgan fingerprint density at radius 2 is 1.81 bits per heavy atom. The highest BCUT2D eigenvalue weighted by molar-refractivity contribution is 8.26. The number of para-hydroxylation sites is 1. The molecule has 0 aliphatic carbocycles. The zero-order chi connectivity index (χ0) is 30.3. The molecule has 2 heterocycles. The monoisotopic (exact) mass is 649 g/mol. The molecule has 1 fully saturated rings. The SMILES string of the molecule is CCCC[C@H](CC)CN1C(=O)/C(=C/c2cn(-c3ccccc3)nc2-c2ccc(OCc3ccc(Cl)cc3Cl)cc2)SC1=S. The summed E-state index contributed by atoms with van der Waals surface area (Å²) in [6, 6.07) is 23.0. The summed E-state index contributed by atoms with van der Waals surface area (Å²) in [7, 11) is 0. The highest BCUT2D eigenvalue weighted by Gasteiger charge is 2.33. The molecule has 0 spiro atoms. The van der Waals surface area contributed by atoms with Gasteiger partial charge in [-0.1, -0.05) is 105 Å². The van der Waals surface area contributed by atoms with Crippen molar-refractivity contribution in [1.29, 1.82) is 0 Å². The average Bonchev–Trinajstić information content (AvgIpc) is 3.55. The molecule has 43 heavy (non-hydrogen) atoms. The molecule has 0 bridgehead atoms. The lowest BCUT2D eigenvalue weighted by molar-refractivity contribution is -0.122. The van der Waals surface area contributed by atoms with E-state index < -0.39 is 0 Å². The minimum atomic E-state index is -0.0343. The molecule has 1 amide bonds. The highest BCUT2D eigenvalue weighted by atomic mass is 35.5. The van der Waals surface area contributed by atoms with Crippen molar-refractivity contribution in [3.8, 4) is 22.7 Å². The zero-order valence-electron chi connectivity index (χ0n) is 24.1. The van der Waals surface area contributed by atoms with Crippen LogP contribution in [0.3, 0.4) is 0 Å². The molecule has 222 valence electrons. The minimum absolute atomic E-state index is 0.0343. The molecule has 0 N–H and O–H groups in total. The predicted octanol–water partition coefficient (Wildman–Crippen LogP) is 9.84. The number of thiocarbonyl (C=S) groups is 1. The molecule has 5 nitrogen and oxygen atoms in total. The Labute approximate surface area is 272 Å². The number of hydrogen-bond acceptors (Lipinski definition) is 5. The summed E-state index contributed by atoms with van der Waals surface area (Å²) >= 11 is 19.3. The average molecular weight is 651 g/mol. The number of thioether (sulfide) groups is 1. The molecular formula is C34H33Cl2N3O2S2. The molecule has 0 unspecified atom stereocenters. The fourth-order valence-electron chi connectivity index (χ4n) is 4.91. The van der Waals surface area contributed by atoms with Crippen LogP contribution in [0.4, 0.5) is 0 Å². The van der Waals surface area contributed by atoms with Gasteiger partial charge in [-0.05, 0) is 66.9 Å². The summed E-state index contributed by atoms with van der Waals surface area (Å²) < 4.78 is 8.44. The number of carbonyl (C=O) groups is 1. The second-order valence-corrected chi connectivity index (χ2v) is 13.0. The van der Waals surface area contributed by atoms with Gasteiger partial charge < -0.3 is 4.74 Å². The first-order chi connectivity index (χ1) is 20.9. The Bertz CT molecular complexity index is 1620. The van der Waals surface area contributed by atoms with E-state index in [1.807, 2.05) is 77.6 Å². The molecule has 1 saturated heterocycles. The van der Waals surface area contributed by atoms with E-state index in [4.69, 9.17) is 45.3 Å². The fourth-order valence-corrected chi connectivity index (χ4v) is 6.64. The lowest BCUT2D eigenvalue weighted by Gasteiger charge is -2.21. The second kappa shape index (κ2) is 14.6. The van der Waals surface area contributed by atoms with Crippen LogP contribution in [0.15, 0.2) is 83.9 Å². The topological polar surface area (TPSA) is 47.4 Å². The molecule has 3 aromatic carbocycles. The number of aromatic nitrogens is 2. The standard InChI is InChI=1S/C34H33Cl2N3O2S2/c1-3-5-9-23(4-2)20-38-33(40)31(43-34(38)42)18-26-21-39(28-10-7-6-8-11-28)37-32(26)24-13-16-29(17-14-24)41-22-25-12-15-27(35)19-30(25)36/h6-8,10-19,21,23H,3-5,9,20,22H2,1-2H3/b31-18-/t23-/m0/s1. The Hall–Kier alpha value is -3.10. The number of nitrogens with zero attached hydrogens (tertiary/aromatic N) is 3. The van der Waals surface area contributed by atoms with Crippen LogP contribution in [-0.2, 0) is 11.4 Å². The Kier molecular flexibility index (Phi) is 10.6. The summed E-state index contributed by atoms with van der Waals surface area (Å²) in [6.45, 7) is 5.36. The van der Waals surface area contributed by atoms with Gasteiger partial charge in [0.15, 0.2) is 0 Å². The maximum absolute atomic E-state index is 13.5. The summed E-state index contributed by atoms with van der Waals surface area (Å²) in [4.78, 5) is 15.9. The van der Waals surface area contributed by atoms with Crippen LogP contribution >= 0.6 is 47.2 Å². The van der Waals surface area contributed by atoms with Gasteiger partial charge in [-0.2, -0.15) is 5.10 Å². The number of amides is 1. The molecule has 1 aliphatic heterocycles. The van der Waals surface area contributed by atoms with E-state index in [-0.39, 0.29) is 5.91 Å². The minimum Gasteiger partial charge on any atom is -0.489 e. The number of hydrogen-bond donors (Lipinski definition) is 0.